The van der Waals surface area contributed by atoms with Crippen LogP contribution in [0.5, 0.6) is 5.75 Å². The first kappa shape index (κ1) is 10.4. The number of hydrogen-bond donors (Lipinski definition) is 1. The second-order valence-electron chi connectivity index (χ2n) is 3.17. The van der Waals surface area contributed by atoms with Crippen LogP contribution in [0.2, 0.25) is 0 Å². The lowest BCUT2D eigenvalue weighted by Crippen LogP contribution is -1.86. The first-order valence-electron chi connectivity index (χ1n) is 4.58. The standard InChI is InChI=1S/C11H11NOS2/c1-13-9-4-2-8(3-5-9)6-10-7-12-11(14)15-10/h2-5,7H,6H2,1H3,(H,12,14). The Labute approximate surface area is 97.6 Å². The number of benzene rings is 1. The van der Waals surface area contributed by atoms with Crippen LogP contribution in [0.25, 0.3) is 0 Å². The van der Waals surface area contributed by atoms with Gasteiger partial charge in [0.15, 0.2) is 3.95 Å². The molecule has 0 aliphatic heterocycles. The SMILES string of the molecule is COc1ccc(Cc2c[nH]c(=S)s2)cc1. The molecule has 2 nitrogen and oxygen atoms in total. The normalized spacial score (nSPS) is 10.2. The van der Waals surface area contributed by atoms with E-state index in [9.17, 15) is 0 Å². The second kappa shape index (κ2) is 4.59. The second-order valence-corrected chi connectivity index (χ2v) is 4.97. The number of ether oxygens (including phenoxy) is 1. The van der Waals surface area contributed by atoms with E-state index in [1.54, 1.807) is 18.4 Å². The largest absolute Gasteiger partial charge is 0.497 e. The third-order valence-corrected chi connectivity index (χ3v) is 3.31. The molecular formula is C11H11NOS2. The van der Waals surface area contributed by atoms with Gasteiger partial charge in [-0.3, -0.25) is 0 Å². The van der Waals surface area contributed by atoms with Gasteiger partial charge in [0.25, 0.3) is 0 Å². The van der Waals surface area contributed by atoms with Crippen molar-refractivity contribution in [3.63, 3.8) is 0 Å². The Morgan fingerprint density at radius 1 is 1.33 bits per heavy atom. The number of methoxy groups -OCH3 is 1. The molecule has 0 aliphatic rings. The van der Waals surface area contributed by atoms with Gasteiger partial charge in [0.1, 0.15) is 5.75 Å². The zero-order valence-corrected chi connectivity index (χ0v) is 9.95. The topological polar surface area (TPSA) is 25.0 Å². The van der Waals surface area contributed by atoms with Gasteiger partial charge < -0.3 is 9.72 Å². The zero-order chi connectivity index (χ0) is 10.7. The maximum atomic E-state index is 5.10. The van der Waals surface area contributed by atoms with Gasteiger partial charge in [0.05, 0.1) is 7.11 Å². The minimum Gasteiger partial charge on any atom is -0.497 e. The quantitative estimate of drug-likeness (QED) is 0.828. The van der Waals surface area contributed by atoms with Crippen LogP contribution in [0.3, 0.4) is 0 Å². The van der Waals surface area contributed by atoms with E-state index >= 15 is 0 Å². The number of rotatable bonds is 3. The summed E-state index contributed by atoms with van der Waals surface area (Å²) in [7, 11) is 1.67. The van der Waals surface area contributed by atoms with Gasteiger partial charge in [0, 0.05) is 17.5 Å². The van der Waals surface area contributed by atoms with Crippen molar-refractivity contribution >= 4 is 23.6 Å². The van der Waals surface area contributed by atoms with E-state index in [2.05, 4.69) is 17.1 Å². The molecule has 0 atom stereocenters. The Morgan fingerprint density at radius 3 is 2.60 bits per heavy atom. The van der Waals surface area contributed by atoms with Crippen molar-refractivity contribution in [2.75, 3.05) is 7.11 Å². The molecule has 0 aliphatic carbocycles. The fraction of sp³-hybridized carbons (Fsp3) is 0.182. The highest BCUT2D eigenvalue weighted by atomic mass is 32.1. The Morgan fingerprint density at radius 2 is 2.07 bits per heavy atom. The summed E-state index contributed by atoms with van der Waals surface area (Å²) in [5.41, 5.74) is 1.26. The molecule has 1 aromatic carbocycles. The van der Waals surface area contributed by atoms with Crippen molar-refractivity contribution in [2.45, 2.75) is 6.42 Å². The van der Waals surface area contributed by atoms with Crippen molar-refractivity contribution < 1.29 is 4.74 Å². The molecule has 0 spiro atoms. The minimum absolute atomic E-state index is 0.832. The maximum Gasteiger partial charge on any atom is 0.158 e. The van der Waals surface area contributed by atoms with E-state index in [1.165, 1.54) is 10.4 Å². The molecule has 0 amide bonds. The zero-order valence-electron chi connectivity index (χ0n) is 8.32. The van der Waals surface area contributed by atoms with Crippen LogP contribution in [0.1, 0.15) is 10.4 Å². The third kappa shape index (κ3) is 2.67. The summed E-state index contributed by atoms with van der Waals surface area (Å²) in [5.74, 6) is 0.889. The monoisotopic (exact) mass is 237 g/mol. The van der Waals surface area contributed by atoms with Crippen LogP contribution in [0.4, 0.5) is 0 Å². The Bertz CT molecular complexity index is 484. The maximum absolute atomic E-state index is 5.10. The number of nitrogens with one attached hydrogen (secondary N) is 1. The van der Waals surface area contributed by atoms with Gasteiger partial charge in [0.2, 0.25) is 0 Å². The highest BCUT2D eigenvalue weighted by Crippen LogP contribution is 2.17. The van der Waals surface area contributed by atoms with Gasteiger partial charge in [-0.05, 0) is 29.9 Å². The molecule has 15 heavy (non-hydrogen) atoms. The lowest BCUT2D eigenvalue weighted by Gasteiger charge is -2.01. The third-order valence-electron chi connectivity index (χ3n) is 2.11. The van der Waals surface area contributed by atoms with Crippen LogP contribution < -0.4 is 4.74 Å². The fourth-order valence-corrected chi connectivity index (χ4v) is 2.44. The van der Waals surface area contributed by atoms with Crippen molar-refractivity contribution in [1.29, 1.82) is 0 Å². The average molecular weight is 237 g/mol. The van der Waals surface area contributed by atoms with Crippen molar-refractivity contribution in [3.05, 3.63) is 44.9 Å². The summed E-state index contributed by atoms with van der Waals surface area (Å²) >= 11 is 6.65. The molecule has 1 aromatic heterocycles. The summed E-state index contributed by atoms with van der Waals surface area (Å²) in [5, 5.41) is 0. The number of thiazole rings is 1. The molecule has 0 radical (unpaired) electrons. The van der Waals surface area contributed by atoms with Crippen LogP contribution in [0, 0.1) is 3.95 Å². The van der Waals surface area contributed by atoms with E-state index in [0.29, 0.717) is 0 Å². The summed E-state index contributed by atoms with van der Waals surface area (Å²) in [6.07, 6.45) is 2.89. The molecule has 4 heteroatoms. The fourth-order valence-electron chi connectivity index (χ4n) is 1.35. The average Bonchev–Trinajstić information content (AvgIpc) is 2.65. The summed E-state index contributed by atoms with van der Waals surface area (Å²) in [6, 6.07) is 8.09. The minimum atomic E-state index is 0.832. The first-order valence-corrected chi connectivity index (χ1v) is 5.81. The van der Waals surface area contributed by atoms with Gasteiger partial charge in [-0.15, -0.1) is 11.3 Å². The lowest BCUT2D eigenvalue weighted by atomic mass is 10.1. The molecule has 0 unspecified atom stereocenters. The molecule has 2 aromatic rings. The van der Waals surface area contributed by atoms with Crippen molar-refractivity contribution in [1.82, 2.24) is 4.98 Å². The molecule has 0 bridgehead atoms. The number of H-pyrrole nitrogens is 1. The number of aromatic amines is 1. The number of hydrogen-bond acceptors (Lipinski definition) is 3. The van der Waals surface area contributed by atoms with Crippen LogP contribution in [-0.2, 0) is 6.42 Å². The lowest BCUT2D eigenvalue weighted by molar-refractivity contribution is 0.414. The molecule has 1 heterocycles. The summed E-state index contributed by atoms with van der Waals surface area (Å²) in [6.45, 7) is 0. The van der Waals surface area contributed by atoms with E-state index < -0.39 is 0 Å². The van der Waals surface area contributed by atoms with E-state index in [-0.39, 0.29) is 0 Å². The van der Waals surface area contributed by atoms with Gasteiger partial charge in [-0.2, -0.15) is 0 Å². The van der Waals surface area contributed by atoms with Gasteiger partial charge >= 0.3 is 0 Å². The molecule has 2 rings (SSSR count). The summed E-state index contributed by atoms with van der Waals surface area (Å²) in [4.78, 5) is 4.27. The number of aromatic nitrogens is 1. The Balaban J connectivity index is 2.14. The summed E-state index contributed by atoms with van der Waals surface area (Å²) < 4.78 is 5.94. The smallest absolute Gasteiger partial charge is 0.158 e. The predicted octanol–water partition coefficient (Wildman–Crippen LogP) is 3.41. The van der Waals surface area contributed by atoms with Gasteiger partial charge in [-0.25, -0.2) is 0 Å². The van der Waals surface area contributed by atoms with E-state index in [0.717, 1.165) is 16.1 Å². The Hall–Kier alpha value is -1.13. The molecule has 78 valence electrons. The highest BCUT2D eigenvalue weighted by molar-refractivity contribution is 7.73. The van der Waals surface area contributed by atoms with Crippen LogP contribution in [0.15, 0.2) is 30.5 Å². The predicted molar refractivity (Wildman–Crippen MR) is 65.3 cm³/mol. The van der Waals surface area contributed by atoms with Crippen LogP contribution in [-0.4, -0.2) is 12.1 Å². The molecule has 0 saturated heterocycles. The Kier molecular flexibility index (Phi) is 3.18. The van der Waals surface area contributed by atoms with Crippen molar-refractivity contribution in [2.24, 2.45) is 0 Å². The van der Waals surface area contributed by atoms with Gasteiger partial charge in [-0.1, -0.05) is 12.1 Å². The van der Waals surface area contributed by atoms with Crippen LogP contribution >= 0.6 is 23.6 Å². The van der Waals surface area contributed by atoms with Crippen molar-refractivity contribution in [3.8, 4) is 5.75 Å². The highest BCUT2D eigenvalue weighted by Gasteiger charge is 1.98. The molecule has 0 saturated carbocycles. The molecular weight excluding hydrogens is 226 g/mol. The molecule has 0 fully saturated rings. The van der Waals surface area contributed by atoms with E-state index in [4.69, 9.17) is 17.0 Å². The molecule has 1 N–H and O–H groups in total. The van der Waals surface area contributed by atoms with E-state index in [1.807, 2.05) is 18.3 Å². The first-order chi connectivity index (χ1) is 7.28.